The van der Waals surface area contributed by atoms with Crippen molar-refractivity contribution in [1.82, 2.24) is 4.98 Å². The van der Waals surface area contributed by atoms with Crippen LogP contribution in [0.15, 0.2) is 60.7 Å². The van der Waals surface area contributed by atoms with Crippen molar-refractivity contribution in [3.05, 3.63) is 89.5 Å². The molecular weight excluding hydrogens is 354 g/mol. The predicted octanol–water partition coefficient (Wildman–Crippen LogP) is 6.69. The number of benzene rings is 3. The van der Waals surface area contributed by atoms with E-state index in [4.69, 9.17) is 4.98 Å². The van der Waals surface area contributed by atoms with E-state index in [0.29, 0.717) is 5.75 Å². The molecule has 0 amide bonds. The van der Waals surface area contributed by atoms with Crippen LogP contribution >= 0.6 is 0 Å². The SMILES string of the molecule is Oc1c2c(c(-c3c4c(nc5ccccc35)C=CCC4)c3ccccc13)C=CC[CH]2. The highest BCUT2D eigenvalue weighted by Crippen LogP contribution is 2.47. The van der Waals surface area contributed by atoms with Gasteiger partial charge in [-0.25, -0.2) is 4.98 Å². The van der Waals surface area contributed by atoms with Gasteiger partial charge in [0.05, 0.1) is 11.2 Å². The van der Waals surface area contributed by atoms with Crippen LogP contribution < -0.4 is 0 Å². The fourth-order valence-corrected chi connectivity index (χ4v) is 4.85. The number of para-hydroxylation sites is 1. The third-order valence-corrected chi connectivity index (χ3v) is 6.12. The Hall–Kier alpha value is -3.39. The van der Waals surface area contributed by atoms with Crippen molar-refractivity contribution in [2.24, 2.45) is 0 Å². The Bertz CT molecular complexity index is 1360. The quantitative estimate of drug-likeness (QED) is 0.403. The molecule has 0 saturated heterocycles. The fourth-order valence-electron chi connectivity index (χ4n) is 4.85. The average molecular weight is 374 g/mol. The Morgan fingerprint density at radius 1 is 0.759 bits per heavy atom. The number of phenolic OH excluding ortho intramolecular Hbond substituents is 1. The van der Waals surface area contributed by atoms with Crippen LogP contribution in [0.5, 0.6) is 5.75 Å². The molecule has 1 aromatic heterocycles. The summed E-state index contributed by atoms with van der Waals surface area (Å²) >= 11 is 0. The standard InChI is InChI=1S/C27H20NO/c29-27-19-11-3-1-9-17(19)25(18-10-2-4-12-20(18)27)26-21-13-5-7-15-23(21)28-24-16-8-6-14-22(24)26/h1-3,5,7-13,15-16,29H,4,6,14H2. The van der Waals surface area contributed by atoms with Crippen LogP contribution in [-0.2, 0) is 6.42 Å². The second-order valence-electron chi connectivity index (χ2n) is 7.75. The molecule has 0 saturated carbocycles. The lowest BCUT2D eigenvalue weighted by Gasteiger charge is -2.24. The minimum Gasteiger partial charge on any atom is -0.507 e. The minimum absolute atomic E-state index is 0.385. The lowest BCUT2D eigenvalue weighted by molar-refractivity contribution is 0.478. The zero-order chi connectivity index (χ0) is 19.4. The third-order valence-electron chi connectivity index (χ3n) is 6.12. The summed E-state index contributed by atoms with van der Waals surface area (Å²) in [5, 5.41) is 14.2. The molecular formula is C27H20NO. The molecule has 4 aromatic rings. The number of rotatable bonds is 1. The minimum atomic E-state index is 0.385. The van der Waals surface area contributed by atoms with Gasteiger partial charge in [-0.2, -0.15) is 0 Å². The van der Waals surface area contributed by atoms with E-state index in [-0.39, 0.29) is 0 Å². The van der Waals surface area contributed by atoms with Crippen LogP contribution in [0.4, 0.5) is 0 Å². The molecule has 0 bridgehead atoms. The van der Waals surface area contributed by atoms with Crippen LogP contribution in [0, 0.1) is 6.42 Å². The van der Waals surface area contributed by atoms with E-state index in [1.54, 1.807) is 0 Å². The van der Waals surface area contributed by atoms with E-state index >= 15 is 0 Å². The molecule has 0 spiro atoms. The molecule has 0 atom stereocenters. The maximum atomic E-state index is 11.0. The Labute approximate surface area is 169 Å². The highest BCUT2D eigenvalue weighted by atomic mass is 16.3. The molecule has 0 fully saturated rings. The molecule has 3 aromatic carbocycles. The Kier molecular flexibility index (Phi) is 3.60. The lowest BCUT2D eigenvalue weighted by atomic mass is 9.81. The third kappa shape index (κ3) is 2.39. The van der Waals surface area contributed by atoms with Crippen molar-refractivity contribution in [1.29, 1.82) is 0 Å². The number of pyridine rings is 1. The van der Waals surface area contributed by atoms with E-state index in [1.807, 2.05) is 12.1 Å². The van der Waals surface area contributed by atoms with Gasteiger partial charge in [-0.05, 0) is 65.5 Å². The fraction of sp³-hybridized carbons (Fsp3) is 0.111. The molecule has 2 aliphatic carbocycles. The number of aromatic nitrogens is 1. The summed E-state index contributed by atoms with van der Waals surface area (Å²) in [6, 6.07) is 16.6. The van der Waals surface area contributed by atoms with Crippen LogP contribution in [0.2, 0.25) is 0 Å². The van der Waals surface area contributed by atoms with E-state index in [0.717, 1.165) is 52.4 Å². The summed E-state index contributed by atoms with van der Waals surface area (Å²) in [6.07, 6.45) is 13.7. The normalized spacial score (nSPS) is 14.9. The number of hydrogen-bond donors (Lipinski definition) is 1. The van der Waals surface area contributed by atoms with E-state index in [2.05, 4.69) is 67.1 Å². The largest absolute Gasteiger partial charge is 0.507 e. The number of phenols is 1. The average Bonchev–Trinajstić information content (AvgIpc) is 2.79. The number of fused-ring (bicyclic) bond motifs is 4. The predicted molar refractivity (Wildman–Crippen MR) is 121 cm³/mol. The topological polar surface area (TPSA) is 33.1 Å². The summed E-state index contributed by atoms with van der Waals surface area (Å²) in [6.45, 7) is 0. The van der Waals surface area contributed by atoms with Crippen LogP contribution in [0.3, 0.4) is 0 Å². The van der Waals surface area contributed by atoms with Gasteiger partial charge in [0.25, 0.3) is 0 Å². The molecule has 139 valence electrons. The van der Waals surface area contributed by atoms with Gasteiger partial charge < -0.3 is 5.11 Å². The maximum Gasteiger partial charge on any atom is 0.127 e. The van der Waals surface area contributed by atoms with Crippen molar-refractivity contribution in [3.63, 3.8) is 0 Å². The van der Waals surface area contributed by atoms with Crippen molar-refractivity contribution < 1.29 is 5.11 Å². The first kappa shape index (κ1) is 16.6. The van der Waals surface area contributed by atoms with Gasteiger partial charge in [0, 0.05) is 16.3 Å². The van der Waals surface area contributed by atoms with Gasteiger partial charge in [0.1, 0.15) is 5.75 Å². The summed E-state index contributed by atoms with van der Waals surface area (Å²) in [7, 11) is 0. The second-order valence-corrected chi connectivity index (χ2v) is 7.75. The van der Waals surface area contributed by atoms with E-state index in [9.17, 15) is 5.11 Å². The van der Waals surface area contributed by atoms with Gasteiger partial charge in [-0.3, -0.25) is 0 Å². The number of allylic oxidation sites excluding steroid dienone is 2. The molecule has 2 heteroatoms. The summed E-state index contributed by atoms with van der Waals surface area (Å²) in [4.78, 5) is 4.95. The molecule has 1 N–H and O–H groups in total. The first-order chi connectivity index (χ1) is 14.3. The zero-order valence-electron chi connectivity index (χ0n) is 16.0. The summed E-state index contributed by atoms with van der Waals surface area (Å²) in [5.74, 6) is 0.385. The van der Waals surface area contributed by atoms with Crippen LogP contribution in [0.25, 0.3) is 45.0 Å². The van der Waals surface area contributed by atoms with Gasteiger partial charge in [-0.15, -0.1) is 0 Å². The number of nitrogens with zero attached hydrogens (tertiary/aromatic N) is 1. The molecule has 2 nitrogen and oxygen atoms in total. The first-order valence-electron chi connectivity index (χ1n) is 10.2. The molecule has 0 unspecified atom stereocenters. The van der Waals surface area contributed by atoms with E-state index in [1.165, 1.54) is 22.1 Å². The summed E-state index contributed by atoms with van der Waals surface area (Å²) in [5.41, 5.74) is 7.93. The molecule has 2 aliphatic rings. The van der Waals surface area contributed by atoms with Gasteiger partial charge in [-0.1, -0.05) is 60.7 Å². The molecule has 6 rings (SSSR count). The Balaban J connectivity index is 1.86. The molecule has 1 radical (unpaired) electrons. The Morgan fingerprint density at radius 3 is 2.45 bits per heavy atom. The monoisotopic (exact) mass is 374 g/mol. The van der Waals surface area contributed by atoms with Crippen molar-refractivity contribution >= 4 is 33.8 Å². The zero-order valence-corrected chi connectivity index (χ0v) is 16.0. The first-order valence-corrected chi connectivity index (χ1v) is 10.2. The summed E-state index contributed by atoms with van der Waals surface area (Å²) < 4.78 is 0. The van der Waals surface area contributed by atoms with Crippen LogP contribution in [0.1, 0.15) is 35.2 Å². The van der Waals surface area contributed by atoms with Gasteiger partial charge in [0.15, 0.2) is 0 Å². The van der Waals surface area contributed by atoms with Crippen molar-refractivity contribution in [2.45, 2.75) is 19.3 Å². The second kappa shape index (κ2) is 6.31. The van der Waals surface area contributed by atoms with Crippen molar-refractivity contribution in [2.75, 3.05) is 0 Å². The van der Waals surface area contributed by atoms with Crippen LogP contribution in [-0.4, -0.2) is 10.1 Å². The lowest BCUT2D eigenvalue weighted by Crippen LogP contribution is -2.05. The van der Waals surface area contributed by atoms with Gasteiger partial charge >= 0.3 is 0 Å². The molecule has 29 heavy (non-hydrogen) atoms. The molecule has 1 heterocycles. The highest BCUT2D eigenvalue weighted by molar-refractivity contribution is 6.12. The number of aromatic hydroxyl groups is 1. The van der Waals surface area contributed by atoms with Gasteiger partial charge in [0.2, 0.25) is 0 Å². The molecule has 0 aliphatic heterocycles. The maximum absolute atomic E-state index is 11.0. The number of hydrogen-bond acceptors (Lipinski definition) is 2. The highest BCUT2D eigenvalue weighted by Gasteiger charge is 2.25. The van der Waals surface area contributed by atoms with E-state index < -0.39 is 0 Å². The Morgan fingerprint density at radius 2 is 1.55 bits per heavy atom. The smallest absolute Gasteiger partial charge is 0.127 e. The van der Waals surface area contributed by atoms with Crippen molar-refractivity contribution in [3.8, 4) is 16.9 Å².